The molecule has 0 radical (unpaired) electrons. The molecule has 0 amide bonds. The second-order valence-electron chi connectivity index (χ2n) is 5.81. The Morgan fingerprint density at radius 1 is 0.947 bits per heavy atom. The standard InChI is InChI=1S/C17H29NS/c1-14(6-4-3-5-13-18)7-8-15(2)16-9-11-17(19)12-10-16/h9-12,14-15,19H,3-8,13,18H2,1-2H3. The normalized spacial score (nSPS) is 14.3. The molecular formula is C17H29NS. The second-order valence-corrected chi connectivity index (χ2v) is 6.33. The Bertz CT molecular complexity index is 334. The molecule has 0 heterocycles. The van der Waals surface area contributed by atoms with Crippen LogP contribution >= 0.6 is 12.6 Å². The molecule has 2 N–H and O–H groups in total. The summed E-state index contributed by atoms with van der Waals surface area (Å²) in [5.41, 5.74) is 6.95. The van der Waals surface area contributed by atoms with Crippen LogP contribution in [0.15, 0.2) is 29.2 Å². The Morgan fingerprint density at radius 2 is 1.63 bits per heavy atom. The molecule has 0 aliphatic carbocycles. The monoisotopic (exact) mass is 279 g/mol. The topological polar surface area (TPSA) is 26.0 Å². The lowest BCUT2D eigenvalue weighted by molar-refractivity contribution is 0.432. The minimum atomic E-state index is 0.653. The van der Waals surface area contributed by atoms with Crippen molar-refractivity contribution in [1.82, 2.24) is 0 Å². The van der Waals surface area contributed by atoms with Crippen molar-refractivity contribution in [2.24, 2.45) is 11.7 Å². The fraction of sp³-hybridized carbons (Fsp3) is 0.647. The van der Waals surface area contributed by atoms with E-state index in [-0.39, 0.29) is 0 Å². The molecule has 1 aromatic carbocycles. The molecule has 0 aromatic heterocycles. The number of rotatable bonds is 9. The molecule has 0 aliphatic heterocycles. The second kappa shape index (κ2) is 9.44. The van der Waals surface area contributed by atoms with Crippen LogP contribution in [0.25, 0.3) is 0 Å². The highest BCUT2D eigenvalue weighted by Crippen LogP contribution is 2.25. The van der Waals surface area contributed by atoms with Crippen molar-refractivity contribution in [2.75, 3.05) is 6.54 Å². The summed E-state index contributed by atoms with van der Waals surface area (Å²) in [6.07, 6.45) is 7.76. The Balaban J connectivity index is 2.22. The van der Waals surface area contributed by atoms with Crippen LogP contribution in [0.4, 0.5) is 0 Å². The number of thiol groups is 1. The minimum absolute atomic E-state index is 0.653. The quantitative estimate of drug-likeness (QED) is 0.482. The summed E-state index contributed by atoms with van der Waals surface area (Å²) in [7, 11) is 0. The van der Waals surface area contributed by atoms with Gasteiger partial charge in [0.25, 0.3) is 0 Å². The van der Waals surface area contributed by atoms with Crippen molar-refractivity contribution in [3.8, 4) is 0 Å². The van der Waals surface area contributed by atoms with Crippen molar-refractivity contribution in [3.05, 3.63) is 29.8 Å². The average Bonchev–Trinajstić information content (AvgIpc) is 2.42. The van der Waals surface area contributed by atoms with Gasteiger partial charge >= 0.3 is 0 Å². The van der Waals surface area contributed by atoms with Crippen LogP contribution in [0.3, 0.4) is 0 Å². The van der Waals surface area contributed by atoms with Gasteiger partial charge in [-0.15, -0.1) is 12.6 Å². The largest absolute Gasteiger partial charge is 0.330 e. The number of hydrogen-bond donors (Lipinski definition) is 2. The van der Waals surface area contributed by atoms with E-state index in [1.165, 1.54) is 44.1 Å². The molecule has 0 spiro atoms. The predicted octanol–water partition coefficient (Wildman–Crippen LogP) is 5.01. The maximum absolute atomic E-state index is 5.51. The van der Waals surface area contributed by atoms with E-state index in [9.17, 15) is 0 Å². The molecule has 0 aliphatic rings. The summed E-state index contributed by atoms with van der Waals surface area (Å²) in [5, 5.41) is 0. The maximum atomic E-state index is 5.51. The Labute approximate surface area is 124 Å². The van der Waals surface area contributed by atoms with Gasteiger partial charge in [0.2, 0.25) is 0 Å². The molecule has 19 heavy (non-hydrogen) atoms. The molecule has 0 bridgehead atoms. The molecule has 0 saturated heterocycles. The van der Waals surface area contributed by atoms with E-state index < -0.39 is 0 Å². The third kappa shape index (κ3) is 7.03. The molecule has 1 nitrogen and oxygen atoms in total. The van der Waals surface area contributed by atoms with Gasteiger partial charge in [-0.3, -0.25) is 0 Å². The molecule has 1 rings (SSSR count). The Kier molecular flexibility index (Phi) is 8.24. The van der Waals surface area contributed by atoms with Crippen LogP contribution in [-0.2, 0) is 0 Å². The van der Waals surface area contributed by atoms with Crippen molar-refractivity contribution >= 4 is 12.6 Å². The van der Waals surface area contributed by atoms with Gasteiger partial charge in [0.15, 0.2) is 0 Å². The van der Waals surface area contributed by atoms with Gasteiger partial charge in [-0.05, 0) is 48.9 Å². The minimum Gasteiger partial charge on any atom is -0.330 e. The van der Waals surface area contributed by atoms with E-state index in [0.717, 1.165) is 17.4 Å². The summed E-state index contributed by atoms with van der Waals surface area (Å²) in [6, 6.07) is 8.59. The van der Waals surface area contributed by atoms with Gasteiger partial charge in [-0.2, -0.15) is 0 Å². The summed E-state index contributed by atoms with van der Waals surface area (Å²) in [5.74, 6) is 1.49. The van der Waals surface area contributed by atoms with Crippen LogP contribution in [-0.4, -0.2) is 6.54 Å². The highest BCUT2D eigenvalue weighted by Gasteiger charge is 2.08. The predicted molar refractivity (Wildman–Crippen MR) is 88.0 cm³/mol. The lowest BCUT2D eigenvalue weighted by Crippen LogP contribution is -2.01. The first-order valence-corrected chi connectivity index (χ1v) is 8.07. The fourth-order valence-electron chi connectivity index (χ4n) is 2.46. The summed E-state index contributed by atoms with van der Waals surface area (Å²) >= 11 is 4.33. The fourth-order valence-corrected chi connectivity index (χ4v) is 2.61. The van der Waals surface area contributed by atoms with Gasteiger partial charge in [-0.1, -0.05) is 51.7 Å². The number of hydrogen-bond acceptors (Lipinski definition) is 2. The van der Waals surface area contributed by atoms with Crippen molar-refractivity contribution in [2.45, 2.75) is 63.2 Å². The molecule has 0 saturated carbocycles. The Morgan fingerprint density at radius 3 is 2.26 bits per heavy atom. The van der Waals surface area contributed by atoms with Crippen LogP contribution in [0.2, 0.25) is 0 Å². The van der Waals surface area contributed by atoms with E-state index >= 15 is 0 Å². The molecule has 2 heteroatoms. The third-order valence-corrected chi connectivity index (χ3v) is 4.25. The van der Waals surface area contributed by atoms with Crippen LogP contribution < -0.4 is 5.73 Å². The molecule has 2 unspecified atom stereocenters. The van der Waals surface area contributed by atoms with Crippen LogP contribution in [0.5, 0.6) is 0 Å². The maximum Gasteiger partial charge on any atom is 0.00401 e. The van der Waals surface area contributed by atoms with E-state index in [0.29, 0.717) is 5.92 Å². The van der Waals surface area contributed by atoms with E-state index in [4.69, 9.17) is 5.73 Å². The van der Waals surface area contributed by atoms with Crippen molar-refractivity contribution in [1.29, 1.82) is 0 Å². The Hall–Kier alpha value is -0.470. The lowest BCUT2D eigenvalue weighted by Gasteiger charge is -2.16. The van der Waals surface area contributed by atoms with E-state index in [1.807, 2.05) is 0 Å². The zero-order valence-electron chi connectivity index (χ0n) is 12.4. The van der Waals surface area contributed by atoms with Gasteiger partial charge < -0.3 is 5.73 Å². The number of benzene rings is 1. The molecule has 0 fully saturated rings. The SMILES string of the molecule is CC(CCCCCN)CCC(C)c1ccc(S)cc1. The van der Waals surface area contributed by atoms with E-state index in [1.54, 1.807) is 0 Å². The van der Waals surface area contributed by atoms with Crippen molar-refractivity contribution < 1.29 is 0 Å². The molecule has 108 valence electrons. The van der Waals surface area contributed by atoms with Gasteiger partial charge in [0.05, 0.1) is 0 Å². The highest BCUT2D eigenvalue weighted by molar-refractivity contribution is 7.80. The molecule has 2 atom stereocenters. The van der Waals surface area contributed by atoms with Gasteiger partial charge in [0.1, 0.15) is 0 Å². The van der Waals surface area contributed by atoms with Crippen LogP contribution in [0, 0.1) is 5.92 Å². The summed E-state index contributed by atoms with van der Waals surface area (Å²) in [4.78, 5) is 1.05. The molecule has 1 aromatic rings. The molecular weight excluding hydrogens is 250 g/mol. The number of unbranched alkanes of at least 4 members (excludes halogenated alkanes) is 2. The average molecular weight is 279 g/mol. The third-order valence-electron chi connectivity index (χ3n) is 3.96. The van der Waals surface area contributed by atoms with Gasteiger partial charge in [-0.25, -0.2) is 0 Å². The summed E-state index contributed by atoms with van der Waals surface area (Å²) in [6.45, 7) is 5.55. The van der Waals surface area contributed by atoms with Gasteiger partial charge in [0, 0.05) is 4.90 Å². The number of nitrogens with two attached hydrogens (primary N) is 1. The highest BCUT2D eigenvalue weighted by atomic mass is 32.1. The summed E-state index contributed by atoms with van der Waals surface area (Å²) < 4.78 is 0. The zero-order valence-corrected chi connectivity index (χ0v) is 13.3. The smallest absolute Gasteiger partial charge is 0.00401 e. The first-order valence-electron chi connectivity index (χ1n) is 7.62. The zero-order chi connectivity index (χ0) is 14.1. The van der Waals surface area contributed by atoms with Crippen LogP contribution in [0.1, 0.15) is 63.9 Å². The van der Waals surface area contributed by atoms with Crippen molar-refractivity contribution in [3.63, 3.8) is 0 Å². The van der Waals surface area contributed by atoms with E-state index in [2.05, 4.69) is 50.7 Å². The lowest BCUT2D eigenvalue weighted by atomic mass is 9.90. The first-order chi connectivity index (χ1) is 9.13. The first kappa shape index (κ1) is 16.6.